The normalized spacial score (nSPS) is 22.7. The molecule has 1 saturated carbocycles. The van der Waals surface area contributed by atoms with Crippen molar-refractivity contribution >= 4 is 11.5 Å². The molecule has 0 aliphatic heterocycles. The number of anilines is 2. The first-order valence-electron chi connectivity index (χ1n) is 7.41. The van der Waals surface area contributed by atoms with E-state index >= 15 is 0 Å². The van der Waals surface area contributed by atoms with Gasteiger partial charge >= 0.3 is 5.69 Å². The molecule has 1 aliphatic carbocycles. The largest absolute Gasteiger partial charge is 0.383 e. The quantitative estimate of drug-likeness (QED) is 0.776. The van der Waals surface area contributed by atoms with Crippen molar-refractivity contribution in [3.63, 3.8) is 0 Å². The Kier molecular flexibility index (Phi) is 4.52. The summed E-state index contributed by atoms with van der Waals surface area (Å²) < 4.78 is 1.37. The maximum Gasteiger partial charge on any atom is 0.330 e. The highest BCUT2D eigenvalue weighted by molar-refractivity contribution is 5.60. The molecule has 0 amide bonds. The van der Waals surface area contributed by atoms with Crippen LogP contribution < -0.4 is 22.3 Å². The number of hydrogen-bond donors (Lipinski definition) is 3. The Bertz CT molecular complexity index is 576. The lowest BCUT2D eigenvalue weighted by molar-refractivity contribution is 0.268. The Balaban J connectivity index is 2.17. The summed E-state index contributed by atoms with van der Waals surface area (Å²) in [5, 5.41) is 3.15. The summed E-state index contributed by atoms with van der Waals surface area (Å²) in [6.07, 6.45) is 4.96. The maximum atomic E-state index is 11.9. The van der Waals surface area contributed by atoms with Crippen LogP contribution in [0.25, 0.3) is 0 Å². The number of aromatic nitrogens is 2. The van der Waals surface area contributed by atoms with Gasteiger partial charge in [0.2, 0.25) is 0 Å². The van der Waals surface area contributed by atoms with Crippen LogP contribution in [-0.2, 0) is 6.54 Å². The SMILES string of the molecule is CCn1c(N)c(NCC2CCCCC2C)c(=O)[nH]c1=O. The van der Waals surface area contributed by atoms with E-state index < -0.39 is 11.2 Å². The van der Waals surface area contributed by atoms with Crippen LogP contribution in [0.2, 0.25) is 0 Å². The fourth-order valence-electron chi connectivity index (χ4n) is 3.00. The highest BCUT2D eigenvalue weighted by Gasteiger charge is 2.22. The molecule has 0 bridgehead atoms. The second kappa shape index (κ2) is 6.15. The zero-order valence-corrected chi connectivity index (χ0v) is 12.2. The standard InChI is InChI=1S/C14H24N4O2/c1-3-18-12(15)11(13(19)17-14(18)20)16-8-10-7-5-4-6-9(10)2/h9-10,16H,3-8,15H2,1-2H3,(H,17,19,20). The lowest BCUT2D eigenvalue weighted by Gasteiger charge is -2.29. The summed E-state index contributed by atoms with van der Waals surface area (Å²) in [5.74, 6) is 1.45. The Morgan fingerprint density at radius 1 is 1.35 bits per heavy atom. The van der Waals surface area contributed by atoms with Crippen LogP contribution in [0.15, 0.2) is 9.59 Å². The molecule has 112 valence electrons. The van der Waals surface area contributed by atoms with Gasteiger partial charge in [-0.3, -0.25) is 14.3 Å². The lowest BCUT2D eigenvalue weighted by atomic mass is 9.80. The van der Waals surface area contributed by atoms with Crippen molar-refractivity contribution in [2.24, 2.45) is 11.8 Å². The van der Waals surface area contributed by atoms with Gasteiger partial charge in [-0.1, -0.05) is 26.2 Å². The Hall–Kier alpha value is -1.72. The maximum absolute atomic E-state index is 11.9. The molecule has 1 aromatic rings. The van der Waals surface area contributed by atoms with E-state index in [1.165, 1.54) is 30.3 Å². The average Bonchev–Trinajstić information content (AvgIpc) is 2.40. The first kappa shape index (κ1) is 14.7. The molecule has 1 aliphatic rings. The fraction of sp³-hybridized carbons (Fsp3) is 0.714. The molecule has 0 radical (unpaired) electrons. The van der Waals surface area contributed by atoms with Crippen molar-refractivity contribution in [1.29, 1.82) is 0 Å². The van der Waals surface area contributed by atoms with Gasteiger partial charge in [-0.2, -0.15) is 0 Å². The monoisotopic (exact) mass is 280 g/mol. The van der Waals surface area contributed by atoms with Gasteiger partial charge < -0.3 is 11.1 Å². The van der Waals surface area contributed by atoms with E-state index in [-0.39, 0.29) is 5.82 Å². The summed E-state index contributed by atoms with van der Waals surface area (Å²) in [6, 6.07) is 0. The summed E-state index contributed by atoms with van der Waals surface area (Å²) >= 11 is 0. The molecule has 2 unspecified atom stereocenters. The Labute approximate surface area is 118 Å². The van der Waals surface area contributed by atoms with E-state index in [2.05, 4.69) is 17.2 Å². The molecular formula is C14H24N4O2. The van der Waals surface area contributed by atoms with Crippen molar-refractivity contribution in [3.8, 4) is 0 Å². The van der Waals surface area contributed by atoms with Gasteiger partial charge in [0, 0.05) is 13.1 Å². The topological polar surface area (TPSA) is 92.9 Å². The molecule has 4 N–H and O–H groups in total. The predicted molar refractivity (Wildman–Crippen MR) is 81.0 cm³/mol. The van der Waals surface area contributed by atoms with E-state index in [0.29, 0.717) is 24.1 Å². The van der Waals surface area contributed by atoms with Crippen LogP contribution in [0.4, 0.5) is 11.5 Å². The number of aromatic amines is 1. The molecule has 1 fully saturated rings. The van der Waals surface area contributed by atoms with Crippen molar-refractivity contribution in [2.45, 2.75) is 46.1 Å². The van der Waals surface area contributed by atoms with Gasteiger partial charge in [0.05, 0.1) is 0 Å². The molecule has 0 aromatic carbocycles. The van der Waals surface area contributed by atoms with Gasteiger partial charge in [-0.25, -0.2) is 4.79 Å². The Morgan fingerprint density at radius 3 is 2.70 bits per heavy atom. The number of nitrogens with one attached hydrogen (secondary N) is 2. The number of nitrogens with zero attached hydrogens (tertiary/aromatic N) is 1. The molecule has 1 heterocycles. The Morgan fingerprint density at radius 2 is 2.05 bits per heavy atom. The second-order valence-electron chi connectivity index (χ2n) is 5.67. The highest BCUT2D eigenvalue weighted by atomic mass is 16.2. The van der Waals surface area contributed by atoms with Gasteiger partial charge in [-0.15, -0.1) is 0 Å². The molecule has 0 saturated heterocycles. The minimum atomic E-state index is -0.452. The number of nitrogens with two attached hydrogens (primary N) is 1. The van der Waals surface area contributed by atoms with Crippen LogP contribution in [-0.4, -0.2) is 16.1 Å². The molecule has 20 heavy (non-hydrogen) atoms. The summed E-state index contributed by atoms with van der Waals surface area (Å²) in [4.78, 5) is 25.8. The lowest BCUT2D eigenvalue weighted by Crippen LogP contribution is -2.35. The number of hydrogen-bond acceptors (Lipinski definition) is 4. The molecule has 1 aromatic heterocycles. The van der Waals surface area contributed by atoms with E-state index in [1.807, 2.05) is 6.92 Å². The van der Waals surface area contributed by atoms with E-state index in [0.717, 1.165) is 6.54 Å². The van der Waals surface area contributed by atoms with Gasteiger partial charge in [0.15, 0.2) is 0 Å². The minimum Gasteiger partial charge on any atom is -0.383 e. The third-order valence-corrected chi connectivity index (χ3v) is 4.39. The third-order valence-electron chi connectivity index (χ3n) is 4.39. The zero-order valence-electron chi connectivity index (χ0n) is 12.2. The van der Waals surface area contributed by atoms with Crippen molar-refractivity contribution < 1.29 is 0 Å². The van der Waals surface area contributed by atoms with Crippen LogP contribution >= 0.6 is 0 Å². The summed E-state index contributed by atoms with van der Waals surface area (Å²) in [5.41, 5.74) is 5.37. The van der Waals surface area contributed by atoms with Crippen LogP contribution in [0.5, 0.6) is 0 Å². The van der Waals surface area contributed by atoms with Gasteiger partial charge in [0.25, 0.3) is 5.56 Å². The average molecular weight is 280 g/mol. The zero-order chi connectivity index (χ0) is 14.7. The van der Waals surface area contributed by atoms with Gasteiger partial charge in [-0.05, 0) is 25.2 Å². The van der Waals surface area contributed by atoms with E-state index in [4.69, 9.17) is 5.73 Å². The van der Waals surface area contributed by atoms with Crippen LogP contribution in [0, 0.1) is 11.8 Å². The van der Waals surface area contributed by atoms with Crippen LogP contribution in [0.1, 0.15) is 39.5 Å². The molecule has 0 spiro atoms. The second-order valence-corrected chi connectivity index (χ2v) is 5.67. The van der Waals surface area contributed by atoms with Crippen molar-refractivity contribution in [3.05, 3.63) is 20.8 Å². The molecule has 2 rings (SSSR count). The molecular weight excluding hydrogens is 256 g/mol. The van der Waals surface area contributed by atoms with Crippen molar-refractivity contribution in [1.82, 2.24) is 9.55 Å². The number of H-pyrrole nitrogens is 1. The number of rotatable bonds is 4. The minimum absolute atomic E-state index is 0.227. The fourth-order valence-corrected chi connectivity index (χ4v) is 3.00. The van der Waals surface area contributed by atoms with E-state index in [9.17, 15) is 9.59 Å². The molecule has 2 atom stereocenters. The first-order valence-corrected chi connectivity index (χ1v) is 7.41. The highest BCUT2D eigenvalue weighted by Crippen LogP contribution is 2.29. The van der Waals surface area contributed by atoms with Crippen LogP contribution in [0.3, 0.4) is 0 Å². The molecule has 6 nitrogen and oxygen atoms in total. The smallest absolute Gasteiger partial charge is 0.330 e. The van der Waals surface area contributed by atoms with Crippen molar-refractivity contribution in [2.75, 3.05) is 17.6 Å². The predicted octanol–water partition coefficient (Wildman–Crippen LogP) is 1.38. The number of nitrogen functional groups attached to an aromatic ring is 1. The van der Waals surface area contributed by atoms with Gasteiger partial charge in [0.1, 0.15) is 11.5 Å². The van der Waals surface area contributed by atoms with E-state index in [1.54, 1.807) is 0 Å². The molecule has 6 heteroatoms. The first-order chi connectivity index (χ1) is 9.54. The summed E-state index contributed by atoms with van der Waals surface area (Å²) in [7, 11) is 0. The third kappa shape index (κ3) is 2.89. The summed E-state index contributed by atoms with van der Waals surface area (Å²) in [6.45, 7) is 5.25.